The molecule has 2 aromatic heterocycles. The number of benzene rings is 1. The van der Waals surface area contributed by atoms with Crippen LogP contribution in [0.5, 0.6) is 0 Å². The number of anilines is 2. The van der Waals surface area contributed by atoms with Crippen molar-refractivity contribution in [2.75, 3.05) is 23.3 Å². The summed E-state index contributed by atoms with van der Waals surface area (Å²) >= 11 is 12.3. The summed E-state index contributed by atoms with van der Waals surface area (Å²) in [6, 6.07) is 7.06. The van der Waals surface area contributed by atoms with Crippen molar-refractivity contribution in [1.82, 2.24) is 20.3 Å². The van der Waals surface area contributed by atoms with E-state index in [1.54, 1.807) is 24.5 Å². The van der Waals surface area contributed by atoms with Gasteiger partial charge in [-0.05, 0) is 55.9 Å². The number of aromatic amines is 1. The number of carbonyl (C=O) groups excluding carboxylic acids is 1. The molecule has 2 atom stereocenters. The fourth-order valence-corrected chi connectivity index (χ4v) is 4.86. The molecule has 5 rings (SSSR count). The highest BCUT2D eigenvalue weighted by molar-refractivity contribution is 6.35. The summed E-state index contributed by atoms with van der Waals surface area (Å²) in [6.45, 7) is 1.64. The first-order chi connectivity index (χ1) is 15.1. The zero-order chi connectivity index (χ0) is 21.4. The highest BCUT2D eigenvalue weighted by Crippen LogP contribution is 2.35. The van der Waals surface area contributed by atoms with E-state index in [9.17, 15) is 4.79 Å². The molecule has 0 radical (unpaired) electrons. The largest absolute Gasteiger partial charge is 0.373 e. The van der Waals surface area contributed by atoms with Crippen molar-refractivity contribution in [2.45, 2.75) is 37.8 Å². The molecule has 1 saturated carbocycles. The van der Waals surface area contributed by atoms with E-state index in [2.05, 4.69) is 30.5 Å². The zero-order valence-corrected chi connectivity index (χ0v) is 18.5. The third kappa shape index (κ3) is 4.57. The lowest BCUT2D eigenvalue weighted by Gasteiger charge is -2.35. The Hall–Kier alpha value is -2.51. The van der Waals surface area contributed by atoms with Crippen LogP contribution in [-0.4, -0.2) is 46.0 Å². The van der Waals surface area contributed by atoms with Crippen LogP contribution in [-0.2, 0) is 4.79 Å². The predicted molar refractivity (Wildman–Crippen MR) is 124 cm³/mol. The van der Waals surface area contributed by atoms with Gasteiger partial charge in [-0.25, -0.2) is 9.97 Å². The quantitative estimate of drug-likeness (QED) is 0.514. The molecule has 7 nitrogen and oxygen atoms in total. The molecule has 2 fully saturated rings. The third-order valence-corrected chi connectivity index (χ3v) is 6.40. The molecule has 3 heterocycles. The second kappa shape index (κ2) is 8.55. The van der Waals surface area contributed by atoms with Crippen LogP contribution in [0.3, 0.4) is 0 Å². The van der Waals surface area contributed by atoms with Gasteiger partial charge >= 0.3 is 0 Å². The average molecular weight is 459 g/mol. The predicted octanol–water partition coefficient (Wildman–Crippen LogP) is 4.24. The van der Waals surface area contributed by atoms with Gasteiger partial charge in [0.15, 0.2) is 0 Å². The van der Waals surface area contributed by atoms with Crippen LogP contribution in [0.25, 0.3) is 11.0 Å². The highest BCUT2D eigenvalue weighted by Gasteiger charge is 2.37. The van der Waals surface area contributed by atoms with Gasteiger partial charge in [-0.2, -0.15) is 0 Å². The van der Waals surface area contributed by atoms with E-state index in [-0.39, 0.29) is 18.0 Å². The second-order valence-corrected chi connectivity index (χ2v) is 9.22. The Morgan fingerprint density at radius 2 is 1.97 bits per heavy atom. The summed E-state index contributed by atoms with van der Waals surface area (Å²) in [6.07, 6.45) is 7.49. The van der Waals surface area contributed by atoms with Gasteiger partial charge in [-0.3, -0.25) is 4.79 Å². The number of rotatable bonds is 6. The number of halogens is 2. The summed E-state index contributed by atoms with van der Waals surface area (Å²) in [5.41, 5.74) is 1.60. The third-order valence-electron chi connectivity index (χ3n) is 5.96. The Labute approximate surface area is 190 Å². The molecule has 1 saturated heterocycles. The van der Waals surface area contributed by atoms with E-state index in [4.69, 9.17) is 23.2 Å². The van der Waals surface area contributed by atoms with E-state index in [0.717, 1.165) is 61.3 Å². The number of amides is 1. The van der Waals surface area contributed by atoms with E-state index < -0.39 is 0 Å². The molecule has 9 heteroatoms. The maximum Gasteiger partial charge on any atom is 0.243 e. The van der Waals surface area contributed by atoms with Crippen molar-refractivity contribution < 1.29 is 4.79 Å². The van der Waals surface area contributed by atoms with Crippen molar-refractivity contribution in [3.63, 3.8) is 0 Å². The molecular weight excluding hydrogens is 435 g/mol. The molecule has 0 spiro atoms. The number of hydrogen-bond acceptors (Lipinski definition) is 5. The molecule has 2 aliphatic rings. The molecule has 0 bridgehead atoms. The fraction of sp³-hybridized carbons (Fsp3) is 0.409. The molecule has 1 amide bonds. The summed E-state index contributed by atoms with van der Waals surface area (Å²) in [7, 11) is 0. The normalized spacial score (nSPS) is 19.9. The summed E-state index contributed by atoms with van der Waals surface area (Å²) in [5.74, 6) is 1.27. The Kier molecular flexibility index (Phi) is 5.63. The van der Waals surface area contributed by atoms with Crippen LogP contribution in [0.2, 0.25) is 10.0 Å². The first kappa shape index (κ1) is 20.4. The molecule has 3 aromatic rings. The SMILES string of the molecule is O=C(NC1CCCN(c2ncnc3[nH]ccc23)C1)[C@H](Nc1cc(Cl)cc(Cl)c1)C1CC1. The lowest BCUT2D eigenvalue weighted by atomic mass is 10.0. The molecule has 3 N–H and O–H groups in total. The minimum absolute atomic E-state index is 0.0277. The van der Waals surface area contributed by atoms with Crippen molar-refractivity contribution in [3.05, 3.63) is 46.8 Å². The first-order valence-corrected chi connectivity index (χ1v) is 11.4. The molecule has 162 valence electrons. The monoisotopic (exact) mass is 458 g/mol. The zero-order valence-electron chi connectivity index (χ0n) is 16.9. The summed E-state index contributed by atoms with van der Waals surface area (Å²) in [4.78, 5) is 27.3. The van der Waals surface area contributed by atoms with Crippen LogP contribution in [0.15, 0.2) is 36.8 Å². The summed E-state index contributed by atoms with van der Waals surface area (Å²) < 4.78 is 0. The number of hydrogen-bond donors (Lipinski definition) is 3. The van der Waals surface area contributed by atoms with Gasteiger partial charge in [0.1, 0.15) is 23.8 Å². The molecule has 1 unspecified atom stereocenters. The number of carbonyl (C=O) groups is 1. The van der Waals surface area contributed by atoms with Gasteiger partial charge < -0.3 is 20.5 Å². The van der Waals surface area contributed by atoms with E-state index in [1.165, 1.54) is 0 Å². The van der Waals surface area contributed by atoms with Crippen LogP contribution < -0.4 is 15.5 Å². The molecule has 31 heavy (non-hydrogen) atoms. The maximum absolute atomic E-state index is 13.2. The molecule has 1 aliphatic carbocycles. The molecule has 1 aromatic carbocycles. The first-order valence-electron chi connectivity index (χ1n) is 10.6. The second-order valence-electron chi connectivity index (χ2n) is 8.35. The number of fused-ring (bicyclic) bond motifs is 1. The van der Waals surface area contributed by atoms with Crippen molar-refractivity contribution >= 4 is 51.6 Å². The minimum Gasteiger partial charge on any atom is -0.373 e. The number of piperidine rings is 1. The van der Waals surface area contributed by atoms with E-state index >= 15 is 0 Å². The number of H-pyrrole nitrogens is 1. The Morgan fingerprint density at radius 3 is 2.74 bits per heavy atom. The summed E-state index contributed by atoms with van der Waals surface area (Å²) in [5, 5.41) is 8.73. The van der Waals surface area contributed by atoms with E-state index in [1.807, 2.05) is 12.3 Å². The highest BCUT2D eigenvalue weighted by atomic mass is 35.5. The maximum atomic E-state index is 13.2. The number of nitrogens with one attached hydrogen (secondary N) is 3. The van der Waals surface area contributed by atoms with Gasteiger partial charge in [-0.15, -0.1) is 0 Å². The van der Waals surface area contributed by atoms with Gasteiger partial charge in [0, 0.05) is 41.1 Å². The molecule has 1 aliphatic heterocycles. The van der Waals surface area contributed by atoms with Gasteiger partial charge in [0.25, 0.3) is 0 Å². The molecular formula is C22H24Cl2N6O. The van der Waals surface area contributed by atoms with Gasteiger partial charge in [-0.1, -0.05) is 23.2 Å². The minimum atomic E-state index is -0.291. The lowest BCUT2D eigenvalue weighted by Crippen LogP contribution is -2.52. The van der Waals surface area contributed by atoms with E-state index in [0.29, 0.717) is 16.0 Å². The van der Waals surface area contributed by atoms with Gasteiger partial charge in [0.05, 0.1) is 5.39 Å². The Balaban J connectivity index is 1.28. The van der Waals surface area contributed by atoms with Crippen molar-refractivity contribution in [1.29, 1.82) is 0 Å². The Morgan fingerprint density at radius 1 is 1.16 bits per heavy atom. The van der Waals surface area contributed by atoms with Crippen LogP contribution in [0.4, 0.5) is 11.5 Å². The van der Waals surface area contributed by atoms with Gasteiger partial charge in [0.2, 0.25) is 5.91 Å². The fourth-order valence-electron chi connectivity index (χ4n) is 4.33. The topological polar surface area (TPSA) is 85.9 Å². The van der Waals surface area contributed by atoms with Crippen LogP contribution in [0, 0.1) is 5.92 Å². The smallest absolute Gasteiger partial charge is 0.243 e. The lowest BCUT2D eigenvalue weighted by molar-refractivity contribution is -0.123. The Bertz CT molecular complexity index is 1080. The average Bonchev–Trinajstić information content (AvgIpc) is 3.46. The van der Waals surface area contributed by atoms with Crippen LogP contribution >= 0.6 is 23.2 Å². The number of nitrogens with zero attached hydrogens (tertiary/aromatic N) is 3. The van der Waals surface area contributed by atoms with Crippen molar-refractivity contribution in [3.8, 4) is 0 Å². The van der Waals surface area contributed by atoms with Crippen LogP contribution in [0.1, 0.15) is 25.7 Å². The van der Waals surface area contributed by atoms with Crippen molar-refractivity contribution in [2.24, 2.45) is 5.92 Å². The standard InChI is InChI=1S/C22H24Cl2N6O/c23-14-8-15(24)10-17(9-14)28-19(13-3-4-13)22(31)29-16-2-1-7-30(11-16)21-18-5-6-25-20(18)26-12-27-21/h5-6,8-10,12-13,16,19,28H,1-4,7,11H2,(H,29,31)(H,25,26,27)/t16?,19-/m1/s1. The number of aromatic nitrogens is 3.